The summed E-state index contributed by atoms with van der Waals surface area (Å²) >= 11 is 0. The van der Waals surface area contributed by atoms with Gasteiger partial charge in [0.25, 0.3) is 0 Å². The van der Waals surface area contributed by atoms with Crippen LogP contribution in [0.4, 0.5) is 10.1 Å². The zero-order valence-corrected chi connectivity index (χ0v) is 21.7. The highest BCUT2D eigenvalue weighted by molar-refractivity contribution is 7.89. The Hall–Kier alpha value is -3.07. The average Bonchev–Trinajstić information content (AvgIpc) is 2.90. The van der Waals surface area contributed by atoms with Crippen LogP contribution in [-0.2, 0) is 10.0 Å². The van der Waals surface area contributed by atoms with Crippen LogP contribution in [0.5, 0.6) is 0 Å². The number of fused-ring (bicyclic) bond motifs is 3. The second-order valence-electron chi connectivity index (χ2n) is 10.3. The summed E-state index contributed by atoms with van der Waals surface area (Å²) in [5, 5.41) is 6.24. The summed E-state index contributed by atoms with van der Waals surface area (Å²) in [5.41, 5.74) is 2.50. The topological polar surface area (TPSA) is 65.5 Å². The average molecular weight is 519 g/mol. The summed E-state index contributed by atoms with van der Waals surface area (Å²) in [7, 11) is -3.57. The molecule has 2 atom stereocenters. The number of anilines is 1. The molecule has 0 spiro atoms. The summed E-state index contributed by atoms with van der Waals surface area (Å²) in [4.78, 5) is 7.32. The summed E-state index contributed by atoms with van der Waals surface area (Å²) < 4.78 is 42.6. The predicted molar refractivity (Wildman–Crippen MR) is 146 cm³/mol. The lowest BCUT2D eigenvalue weighted by molar-refractivity contribution is 0.0604. The van der Waals surface area contributed by atoms with E-state index >= 15 is 0 Å². The lowest BCUT2D eigenvalue weighted by Crippen LogP contribution is -2.58. The van der Waals surface area contributed by atoms with E-state index in [0.29, 0.717) is 29.4 Å². The quantitative estimate of drug-likeness (QED) is 0.401. The summed E-state index contributed by atoms with van der Waals surface area (Å²) in [6, 6.07) is 20.2. The highest BCUT2D eigenvalue weighted by atomic mass is 32.2. The monoisotopic (exact) mass is 518 g/mol. The third-order valence-electron chi connectivity index (χ3n) is 7.82. The molecule has 0 aliphatic carbocycles. The Balaban J connectivity index is 1.12. The lowest BCUT2D eigenvalue weighted by Gasteiger charge is -2.46. The maximum Gasteiger partial charge on any atom is 0.243 e. The van der Waals surface area contributed by atoms with E-state index in [-0.39, 0.29) is 11.9 Å². The molecule has 1 N–H and O–H groups in total. The molecule has 0 radical (unpaired) electrons. The number of benzene rings is 3. The summed E-state index contributed by atoms with van der Waals surface area (Å²) in [6.45, 7) is 5.45. The van der Waals surface area contributed by atoms with Crippen molar-refractivity contribution in [3.05, 3.63) is 78.2 Å². The van der Waals surface area contributed by atoms with Gasteiger partial charge in [-0.15, -0.1) is 0 Å². The maximum absolute atomic E-state index is 13.7. The molecule has 0 amide bonds. The van der Waals surface area contributed by atoms with E-state index in [1.54, 1.807) is 16.4 Å². The number of aryl methyl sites for hydroxylation is 1. The first-order chi connectivity index (χ1) is 17.9. The van der Waals surface area contributed by atoms with Crippen LogP contribution in [0.2, 0.25) is 0 Å². The van der Waals surface area contributed by atoms with Crippen LogP contribution < -0.4 is 5.32 Å². The molecule has 2 unspecified atom stereocenters. The first-order valence-corrected chi connectivity index (χ1v) is 14.4. The smallest absolute Gasteiger partial charge is 0.243 e. The number of pyridine rings is 1. The van der Waals surface area contributed by atoms with Gasteiger partial charge in [-0.05, 0) is 55.3 Å². The number of piperazine rings is 1. The van der Waals surface area contributed by atoms with Gasteiger partial charge in [0.1, 0.15) is 5.82 Å². The van der Waals surface area contributed by atoms with Gasteiger partial charge in [0.05, 0.1) is 10.4 Å². The molecule has 4 aromatic rings. The third kappa shape index (κ3) is 4.69. The van der Waals surface area contributed by atoms with E-state index in [1.807, 2.05) is 49.4 Å². The minimum Gasteiger partial charge on any atom is -0.384 e. The molecule has 6 nitrogen and oxygen atoms in total. The number of nitrogens with one attached hydrogen (secondary N) is 1. The second-order valence-corrected chi connectivity index (χ2v) is 12.2. The van der Waals surface area contributed by atoms with Crippen LogP contribution in [0.15, 0.2) is 71.6 Å². The number of hydrogen-bond acceptors (Lipinski definition) is 5. The number of rotatable bonds is 5. The van der Waals surface area contributed by atoms with Crippen LogP contribution in [-0.4, -0.2) is 61.4 Å². The molecule has 3 heterocycles. The van der Waals surface area contributed by atoms with Crippen LogP contribution in [0.25, 0.3) is 21.7 Å². The van der Waals surface area contributed by atoms with Crippen molar-refractivity contribution in [3.63, 3.8) is 0 Å². The van der Waals surface area contributed by atoms with Gasteiger partial charge in [0.15, 0.2) is 0 Å². The van der Waals surface area contributed by atoms with Gasteiger partial charge >= 0.3 is 0 Å². The van der Waals surface area contributed by atoms with E-state index in [4.69, 9.17) is 0 Å². The Morgan fingerprint density at radius 3 is 2.70 bits per heavy atom. The van der Waals surface area contributed by atoms with Gasteiger partial charge in [-0.25, -0.2) is 12.8 Å². The Labute approximate surface area is 217 Å². The van der Waals surface area contributed by atoms with Crippen molar-refractivity contribution < 1.29 is 12.8 Å². The molecular weight excluding hydrogens is 487 g/mol. The number of hydrogen-bond donors (Lipinski definition) is 1. The van der Waals surface area contributed by atoms with E-state index in [1.165, 1.54) is 12.1 Å². The molecule has 0 bridgehead atoms. The standard InChI is InChI=1S/C29H31FN4O2S/c1-20-15-27(26-12-10-23(30)16-28(26)32-20)31-17-21-9-11-24-19-34(14-13-33(24)18-21)37(35,36)29-8-4-6-22-5-2-3-7-25(22)29/h2-8,10,12,15-16,21,24H,9,11,13-14,17-19H2,1H3,(H,31,32). The van der Waals surface area contributed by atoms with Crippen molar-refractivity contribution in [2.24, 2.45) is 5.92 Å². The molecule has 3 aromatic carbocycles. The number of sulfonamides is 1. The Morgan fingerprint density at radius 1 is 0.973 bits per heavy atom. The van der Waals surface area contributed by atoms with E-state index in [2.05, 4.69) is 15.2 Å². The largest absolute Gasteiger partial charge is 0.384 e. The molecule has 37 heavy (non-hydrogen) atoms. The first-order valence-electron chi connectivity index (χ1n) is 12.9. The lowest BCUT2D eigenvalue weighted by atomic mass is 9.91. The maximum atomic E-state index is 13.7. The summed E-state index contributed by atoms with van der Waals surface area (Å²) in [5.74, 6) is 0.179. The fourth-order valence-corrected chi connectivity index (χ4v) is 7.59. The number of halogens is 1. The highest BCUT2D eigenvalue weighted by Gasteiger charge is 2.37. The fraction of sp³-hybridized carbons (Fsp3) is 0.345. The molecule has 192 valence electrons. The van der Waals surface area contributed by atoms with Crippen molar-refractivity contribution in [1.29, 1.82) is 0 Å². The number of piperidine rings is 1. The molecule has 1 aromatic heterocycles. The van der Waals surface area contributed by atoms with E-state index in [9.17, 15) is 12.8 Å². The van der Waals surface area contributed by atoms with Gasteiger partial charge < -0.3 is 5.32 Å². The molecule has 2 saturated heterocycles. The minimum atomic E-state index is -3.57. The molecule has 2 aliphatic rings. The van der Waals surface area contributed by atoms with Crippen molar-refractivity contribution in [1.82, 2.24) is 14.2 Å². The molecule has 8 heteroatoms. The molecular formula is C29H31FN4O2S. The van der Waals surface area contributed by atoms with Crippen molar-refractivity contribution in [2.45, 2.75) is 30.7 Å². The number of nitrogens with zero attached hydrogens (tertiary/aromatic N) is 3. The highest BCUT2D eigenvalue weighted by Crippen LogP contribution is 2.31. The van der Waals surface area contributed by atoms with E-state index < -0.39 is 10.0 Å². The normalized spacial score (nSPS) is 21.2. The van der Waals surface area contributed by atoms with Crippen LogP contribution in [0.1, 0.15) is 18.5 Å². The second kappa shape index (κ2) is 9.67. The zero-order chi connectivity index (χ0) is 25.6. The van der Waals surface area contributed by atoms with Gasteiger partial charge in [0, 0.05) is 67.0 Å². The minimum absolute atomic E-state index is 0.238. The molecule has 2 fully saturated rings. The van der Waals surface area contributed by atoms with Gasteiger partial charge in [0.2, 0.25) is 10.0 Å². The Bertz CT molecular complexity index is 1560. The van der Waals surface area contributed by atoms with Crippen molar-refractivity contribution in [3.8, 4) is 0 Å². The van der Waals surface area contributed by atoms with Crippen molar-refractivity contribution in [2.75, 3.05) is 38.0 Å². The predicted octanol–water partition coefficient (Wildman–Crippen LogP) is 5.03. The van der Waals surface area contributed by atoms with E-state index in [0.717, 1.165) is 60.0 Å². The van der Waals surface area contributed by atoms with Gasteiger partial charge in [-0.1, -0.05) is 36.4 Å². The molecule has 6 rings (SSSR count). The van der Waals surface area contributed by atoms with Crippen molar-refractivity contribution >= 4 is 37.4 Å². The van der Waals surface area contributed by atoms with Crippen LogP contribution >= 0.6 is 0 Å². The Kier molecular flexibility index (Phi) is 6.34. The van der Waals surface area contributed by atoms with Gasteiger partial charge in [-0.2, -0.15) is 4.31 Å². The van der Waals surface area contributed by atoms with Crippen LogP contribution in [0, 0.1) is 18.7 Å². The third-order valence-corrected chi connectivity index (χ3v) is 9.74. The first kappa shape index (κ1) is 24.3. The summed E-state index contributed by atoms with van der Waals surface area (Å²) in [6.07, 6.45) is 2.00. The van der Waals surface area contributed by atoms with Gasteiger partial charge in [-0.3, -0.25) is 9.88 Å². The fourth-order valence-electron chi connectivity index (χ4n) is 5.91. The zero-order valence-electron chi connectivity index (χ0n) is 20.9. The number of aromatic nitrogens is 1. The van der Waals surface area contributed by atoms with Crippen LogP contribution in [0.3, 0.4) is 0 Å². The SMILES string of the molecule is Cc1cc(NCC2CCC3CN(S(=O)(=O)c4cccc5ccccc45)CCN3C2)c2ccc(F)cc2n1. The molecule has 2 aliphatic heterocycles. The molecule has 0 saturated carbocycles. The Morgan fingerprint density at radius 2 is 1.81 bits per heavy atom.